The Balaban J connectivity index is 1.57. The van der Waals surface area contributed by atoms with E-state index < -0.39 is 0 Å². The number of aryl methyl sites for hydroxylation is 1. The molecular formula is C20H26N4O3. The maximum atomic E-state index is 12.1. The number of methoxy groups -OCH3 is 1. The lowest BCUT2D eigenvalue weighted by molar-refractivity contribution is -0.118. The molecule has 144 valence electrons. The number of nitrogens with one attached hydrogen (secondary N) is 1. The molecule has 0 unspecified atom stereocenters. The predicted molar refractivity (Wildman–Crippen MR) is 104 cm³/mol. The van der Waals surface area contributed by atoms with Crippen LogP contribution in [0.3, 0.4) is 0 Å². The van der Waals surface area contributed by atoms with E-state index in [0.717, 1.165) is 43.3 Å². The fourth-order valence-corrected chi connectivity index (χ4v) is 2.96. The quantitative estimate of drug-likeness (QED) is 0.842. The second-order valence-electron chi connectivity index (χ2n) is 6.88. The summed E-state index contributed by atoms with van der Waals surface area (Å²) in [5.74, 6) is 2.32. The molecule has 1 amide bonds. The molecule has 0 saturated carbocycles. The van der Waals surface area contributed by atoms with Crippen LogP contribution in [0.25, 0.3) is 0 Å². The molecule has 1 N–H and O–H groups in total. The number of ether oxygens (including phenoxy) is 2. The van der Waals surface area contributed by atoms with Crippen LogP contribution in [0, 0.1) is 12.8 Å². The molecule has 0 bridgehead atoms. The third-order valence-electron chi connectivity index (χ3n) is 4.61. The Labute approximate surface area is 159 Å². The highest BCUT2D eigenvalue weighted by Gasteiger charge is 2.19. The Hall–Kier alpha value is -2.83. The summed E-state index contributed by atoms with van der Waals surface area (Å²) in [6, 6.07) is 8.88. The predicted octanol–water partition coefficient (Wildman–Crippen LogP) is 3.05. The Morgan fingerprint density at radius 1 is 1.22 bits per heavy atom. The fraction of sp³-hybridized carbons (Fsp3) is 0.450. The molecule has 3 rings (SSSR count). The van der Waals surface area contributed by atoms with Crippen molar-refractivity contribution in [2.24, 2.45) is 5.92 Å². The molecule has 7 nitrogen and oxygen atoms in total. The van der Waals surface area contributed by atoms with Crippen molar-refractivity contribution in [1.82, 2.24) is 9.97 Å². The van der Waals surface area contributed by atoms with Gasteiger partial charge in [0.2, 0.25) is 11.8 Å². The number of hydrogen-bond acceptors (Lipinski definition) is 6. The Morgan fingerprint density at radius 2 is 1.93 bits per heavy atom. The molecule has 0 aliphatic carbocycles. The third kappa shape index (κ3) is 5.32. The van der Waals surface area contributed by atoms with Crippen molar-refractivity contribution >= 4 is 17.5 Å². The summed E-state index contributed by atoms with van der Waals surface area (Å²) < 4.78 is 10.7. The van der Waals surface area contributed by atoms with Crippen LogP contribution in [0.4, 0.5) is 11.6 Å². The summed E-state index contributed by atoms with van der Waals surface area (Å²) in [7, 11) is 1.60. The number of piperidine rings is 1. The molecule has 2 aromatic rings. The molecule has 1 aromatic carbocycles. The SMILES string of the molecule is COc1ccc(NC(=O)COc2cc(C)nc(N3CCC(C)CC3)n2)cc1. The summed E-state index contributed by atoms with van der Waals surface area (Å²) in [5, 5.41) is 2.79. The highest BCUT2D eigenvalue weighted by Crippen LogP contribution is 2.22. The van der Waals surface area contributed by atoms with Gasteiger partial charge in [-0.3, -0.25) is 4.79 Å². The zero-order valence-corrected chi connectivity index (χ0v) is 16.1. The monoisotopic (exact) mass is 370 g/mol. The molecule has 7 heteroatoms. The summed E-state index contributed by atoms with van der Waals surface area (Å²) >= 11 is 0. The second-order valence-corrected chi connectivity index (χ2v) is 6.88. The van der Waals surface area contributed by atoms with Crippen LogP contribution >= 0.6 is 0 Å². The number of rotatable bonds is 6. The van der Waals surface area contributed by atoms with E-state index in [0.29, 0.717) is 17.5 Å². The molecular weight excluding hydrogens is 344 g/mol. The topological polar surface area (TPSA) is 76.6 Å². The second kappa shape index (κ2) is 8.70. The minimum atomic E-state index is -0.246. The van der Waals surface area contributed by atoms with Crippen molar-refractivity contribution in [1.29, 1.82) is 0 Å². The lowest BCUT2D eigenvalue weighted by Gasteiger charge is -2.30. The number of nitrogens with zero attached hydrogens (tertiary/aromatic N) is 3. The van der Waals surface area contributed by atoms with Crippen LogP contribution in [-0.2, 0) is 4.79 Å². The van der Waals surface area contributed by atoms with E-state index in [4.69, 9.17) is 9.47 Å². The van der Waals surface area contributed by atoms with Gasteiger partial charge in [0.1, 0.15) is 5.75 Å². The van der Waals surface area contributed by atoms with E-state index in [-0.39, 0.29) is 12.5 Å². The number of carbonyl (C=O) groups is 1. The van der Waals surface area contributed by atoms with Gasteiger partial charge in [-0.2, -0.15) is 4.98 Å². The lowest BCUT2D eigenvalue weighted by atomic mass is 10.00. The first-order chi connectivity index (χ1) is 13.0. The lowest BCUT2D eigenvalue weighted by Crippen LogP contribution is -2.34. The summed E-state index contributed by atoms with van der Waals surface area (Å²) in [6.45, 7) is 5.95. The molecule has 1 fully saturated rings. The van der Waals surface area contributed by atoms with E-state index in [1.165, 1.54) is 0 Å². The maximum Gasteiger partial charge on any atom is 0.262 e. The average Bonchev–Trinajstić information content (AvgIpc) is 2.67. The van der Waals surface area contributed by atoms with Crippen molar-refractivity contribution in [2.75, 3.05) is 37.0 Å². The first-order valence-electron chi connectivity index (χ1n) is 9.21. The average molecular weight is 370 g/mol. The number of benzene rings is 1. The van der Waals surface area contributed by atoms with Gasteiger partial charge >= 0.3 is 0 Å². The minimum Gasteiger partial charge on any atom is -0.497 e. The van der Waals surface area contributed by atoms with Gasteiger partial charge in [0, 0.05) is 30.5 Å². The first kappa shape index (κ1) is 18.9. The zero-order valence-electron chi connectivity index (χ0n) is 16.1. The normalized spacial score (nSPS) is 14.7. The molecule has 0 atom stereocenters. The minimum absolute atomic E-state index is 0.112. The van der Waals surface area contributed by atoms with Gasteiger partial charge in [0.05, 0.1) is 7.11 Å². The summed E-state index contributed by atoms with van der Waals surface area (Å²) in [4.78, 5) is 23.3. The van der Waals surface area contributed by atoms with Crippen LogP contribution in [0.15, 0.2) is 30.3 Å². The van der Waals surface area contributed by atoms with Crippen LogP contribution in [0.2, 0.25) is 0 Å². The molecule has 1 aliphatic heterocycles. The van der Waals surface area contributed by atoms with Crippen LogP contribution in [0.1, 0.15) is 25.5 Å². The molecule has 1 aromatic heterocycles. The molecule has 27 heavy (non-hydrogen) atoms. The fourth-order valence-electron chi connectivity index (χ4n) is 2.96. The van der Waals surface area contributed by atoms with Crippen LogP contribution < -0.4 is 19.7 Å². The zero-order chi connectivity index (χ0) is 19.2. The van der Waals surface area contributed by atoms with E-state index in [1.54, 1.807) is 37.4 Å². The van der Waals surface area contributed by atoms with Crippen molar-refractivity contribution < 1.29 is 14.3 Å². The highest BCUT2D eigenvalue weighted by molar-refractivity contribution is 5.91. The Morgan fingerprint density at radius 3 is 2.59 bits per heavy atom. The number of amides is 1. The van der Waals surface area contributed by atoms with Gasteiger partial charge in [-0.25, -0.2) is 4.98 Å². The number of aromatic nitrogens is 2. The summed E-state index contributed by atoms with van der Waals surface area (Å²) in [6.07, 6.45) is 2.27. The van der Waals surface area contributed by atoms with E-state index in [9.17, 15) is 4.79 Å². The van der Waals surface area contributed by atoms with Crippen molar-refractivity contribution in [2.45, 2.75) is 26.7 Å². The van der Waals surface area contributed by atoms with Gasteiger partial charge in [0.15, 0.2) is 6.61 Å². The van der Waals surface area contributed by atoms with Gasteiger partial charge in [0.25, 0.3) is 5.91 Å². The van der Waals surface area contributed by atoms with Crippen molar-refractivity contribution in [3.05, 3.63) is 36.0 Å². The van der Waals surface area contributed by atoms with E-state index in [2.05, 4.69) is 27.1 Å². The van der Waals surface area contributed by atoms with Crippen molar-refractivity contribution in [3.63, 3.8) is 0 Å². The standard InChI is InChI=1S/C20H26N4O3/c1-14-8-10-24(11-9-14)20-21-15(2)12-19(23-20)27-13-18(25)22-16-4-6-17(26-3)7-5-16/h4-7,12,14H,8-11,13H2,1-3H3,(H,22,25). The van der Waals surface area contributed by atoms with E-state index in [1.807, 2.05) is 6.92 Å². The number of anilines is 2. The van der Waals surface area contributed by atoms with Crippen LogP contribution in [0.5, 0.6) is 11.6 Å². The Kier molecular flexibility index (Phi) is 6.11. The molecule has 0 spiro atoms. The van der Waals surface area contributed by atoms with Crippen molar-refractivity contribution in [3.8, 4) is 11.6 Å². The van der Waals surface area contributed by atoms with Gasteiger partial charge in [-0.15, -0.1) is 0 Å². The smallest absolute Gasteiger partial charge is 0.262 e. The largest absolute Gasteiger partial charge is 0.497 e. The number of carbonyl (C=O) groups excluding carboxylic acids is 1. The molecule has 2 heterocycles. The number of hydrogen-bond donors (Lipinski definition) is 1. The molecule has 0 radical (unpaired) electrons. The Bertz CT molecular complexity index is 771. The van der Waals surface area contributed by atoms with Gasteiger partial charge in [-0.05, 0) is 49.9 Å². The molecule has 1 aliphatic rings. The van der Waals surface area contributed by atoms with Crippen LogP contribution in [-0.4, -0.2) is 42.7 Å². The van der Waals surface area contributed by atoms with Gasteiger partial charge in [-0.1, -0.05) is 6.92 Å². The third-order valence-corrected chi connectivity index (χ3v) is 4.61. The van der Waals surface area contributed by atoms with E-state index >= 15 is 0 Å². The maximum absolute atomic E-state index is 12.1. The molecule has 1 saturated heterocycles. The van der Waals surface area contributed by atoms with Gasteiger partial charge < -0.3 is 19.7 Å². The first-order valence-corrected chi connectivity index (χ1v) is 9.21. The summed E-state index contributed by atoms with van der Waals surface area (Å²) in [5.41, 5.74) is 1.51. The highest BCUT2D eigenvalue weighted by atomic mass is 16.5.